The maximum atomic E-state index is 5.54. The summed E-state index contributed by atoms with van der Waals surface area (Å²) in [6.45, 7) is 7.93. The van der Waals surface area contributed by atoms with Crippen molar-refractivity contribution in [2.24, 2.45) is 0 Å². The van der Waals surface area contributed by atoms with Crippen LogP contribution in [0, 0.1) is 13.8 Å². The first-order valence-corrected chi connectivity index (χ1v) is 10.5. The van der Waals surface area contributed by atoms with Gasteiger partial charge in [-0.3, -0.25) is 0 Å². The van der Waals surface area contributed by atoms with Crippen molar-refractivity contribution in [3.05, 3.63) is 47.4 Å². The maximum absolute atomic E-state index is 5.54. The average molecular weight is 370 g/mol. The molecule has 3 heterocycles. The molecule has 0 unspecified atom stereocenters. The summed E-state index contributed by atoms with van der Waals surface area (Å²) in [5, 5.41) is 0.694. The molecular formula is C21H27N3OS. The number of aryl methyl sites for hydroxylation is 2. The van der Waals surface area contributed by atoms with E-state index in [1.54, 1.807) is 0 Å². The number of hydrogen-bond donors (Lipinski definition) is 0. The van der Waals surface area contributed by atoms with Gasteiger partial charge in [0.05, 0.1) is 12.3 Å². The van der Waals surface area contributed by atoms with Crippen molar-refractivity contribution in [2.45, 2.75) is 49.2 Å². The van der Waals surface area contributed by atoms with Crippen LogP contribution in [0.4, 0.5) is 5.82 Å². The summed E-state index contributed by atoms with van der Waals surface area (Å²) in [5.41, 5.74) is 2.48. The lowest BCUT2D eigenvalue weighted by Crippen LogP contribution is -2.35. The van der Waals surface area contributed by atoms with E-state index in [1.165, 1.54) is 23.3 Å². The van der Waals surface area contributed by atoms with Gasteiger partial charge in [-0.15, -0.1) is 11.8 Å². The smallest absolute Gasteiger partial charge is 0.132 e. The number of benzene rings is 1. The third-order valence-corrected chi connectivity index (χ3v) is 6.63. The molecule has 1 aromatic heterocycles. The van der Waals surface area contributed by atoms with Crippen molar-refractivity contribution in [1.82, 2.24) is 9.97 Å². The van der Waals surface area contributed by atoms with Crippen LogP contribution in [0.2, 0.25) is 0 Å². The van der Waals surface area contributed by atoms with Crippen LogP contribution < -0.4 is 4.90 Å². The van der Waals surface area contributed by atoms with Crippen LogP contribution in [0.15, 0.2) is 35.2 Å². The number of rotatable bonds is 4. The molecule has 1 atom stereocenters. The van der Waals surface area contributed by atoms with E-state index in [0.29, 0.717) is 11.2 Å². The molecule has 0 bridgehead atoms. The van der Waals surface area contributed by atoms with E-state index in [4.69, 9.17) is 9.72 Å². The van der Waals surface area contributed by atoms with Crippen molar-refractivity contribution in [3.8, 4) is 0 Å². The number of hydrogen-bond acceptors (Lipinski definition) is 5. The zero-order chi connectivity index (χ0) is 17.9. The van der Waals surface area contributed by atoms with Gasteiger partial charge in [0, 0.05) is 41.8 Å². The molecule has 4 nitrogen and oxygen atoms in total. The zero-order valence-electron chi connectivity index (χ0n) is 15.6. The second-order valence-corrected chi connectivity index (χ2v) is 8.75. The Labute approximate surface area is 160 Å². The van der Waals surface area contributed by atoms with Crippen molar-refractivity contribution in [3.63, 3.8) is 0 Å². The number of piperidine rings is 1. The molecule has 5 heteroatoms. The lowest BCUT2D eigenvalue weighted by Gasteiger charge is -2.33. The molecule has 2 aliphatic heterocycles. The monoisotopic (exact) mass is 369 g/mol. The minimum absolute atomic E-state index is 0.435. The maximum Gasteiger partial charge on any atom is 0.132 e. The Hall–Kier alpha value is -1.59. The molecule has 4 rings (SSSR count). The standard InChI is InChI=1S/C21H27N3OS/c1-15-3-5-18(6-4-15)26-19-7-10-24(11-8-19)21-13-20(22-16(2)23-21)17-9-12-25-14-17/h3-6,13,17,19H,7-12,14H2,1-2H3/t17-/m1/s1. The highest BCUT2D eigenvalue weighted by atomic mass is 32.2. The second kappa shape index (κ2) is 7.97. The summed E-state index contributed by atoms with van der Waals surface area (Å²) in [6.07, 6.45) is 3.47. The van der Waals surface area contributed by atoms with Gasteiger partial charge in [0.15, 0.2) is 0 Å². The molecule has 0 amide bonds. The largest absolute Gasteiger partial charge is 0.381 e. The summed E-state index contributed by atoms with van der Waals surface area (Å²) in [4.78, 5) is 13.2. The van der Waals surface area contributed by atoms with Crippen LogP contribution in [0.3, 0.4) is 0 Å². The lowest BCUT2D eigenvalue weighted by molar-refractivity contribution is 0.193. The molecule has 0 saturated carbocycles. The van der Waals surface area contributed by atoms with Crippen molar-refractivity contribution in [2.75, 3.05) is 31.2 Å². The van der Waals surface area contributed by atoms with E-state index >= 15 is 0 Å². The van der Waals surface area contributed by atoms with Crippen LogP contribution in [-0.2, 0) is 4.74 Å². The summed E-state index contributed by atoms with van der Waals surface area (Å²) < 4.78 is 5.54. The van der Waals surface area contributed by atoms with Crippen LogP contribution in [-0.4, -0.2) is 41.5 Å². The van der Waals surface area contributed by atoms with E-state index in [1.807, 2.05) is 18.7 Å². The van der Waals surface area contributed by atoms with Crippen LogP contribution in [0.25, 0.3) is 0 Å². The number of ether oxygens (including phenoxy) is 1. The van der Waals surface area contributed by atoms with Crippen LogP contribution in [0.1, 0.15) is 42.3 Å². The Morgan fingerprint density at radius 1 is 1.04 bits per heavy atom. The normalized spacial score (nSPS) is 21.3. The SMILES string of the molecule is Cc1ccc(SC2CCN(c3cc([C@@H]4CCOC4)nc(C)n3)CC2)cc1. The van der Waals surface area contributed by atoms with E-state index in [2.05, 4.69) is 47.1 Å². The Balaban J connectivity index is 1.39. The average Bonchev–Trinajstić information content (AvgIpc) is 3.19. The fourth-order valence-electron chi connectivity index (χ4n) is 3.73. The van der Waals surface area contributed by atoms with Crippen molar-refractivity contribution < 1.29 is 4.74 Å². The number of thioether (sulfide) groups is 1. The number of aromatic nitrogens is 2. The predicted molar refractivity (Wildman–Crippen MR) is 107 cm³/mol. The molecule has 1 aromatic carbocycles. The van der Waals surface area contributed by atoms with Gasteiger partial charge in [0.2, 0.25) is 0 Å². The van der Waals surface area contributed by atoms with Crippen LogP contribution >= 0.6 is 11.8 Å². The molecule has 0 spiro atoms. The highest BCUT2D eigenvalue weighted by molar-refractivity contribution is 8.00. The van der Waals surface area contributed by atoms with Gasteiger partial charge in [-0.1, -0.05) is 17.7 Å². The van der Waals surface area contributed by atoms with E-state index in [0.717, 1.165) is 50.1 Å². The molecule has 0 N–H and O–H groups in total. The first-order valence-electron chi connectivity index (χ1n) is 9.59. The molecular weight excluding hydrogens is 342 g/mol. The van der Waals surface area contributed by atoms with Crippen LogP contribution in [0.5, 0.6) is 0 Å². The molecule has 2 fully saturated rings. The Morgan fingerprint density at radius 2 is 1.81 bits per heavy atom. The van der Waals surface area contributed by atoms with E-state index in [9.17, 15) is 0 Å². The fraction of sp³-hybridized carbons (Fsp3) is 0.524. The third kappa shape index (κ3) is 4.21. The number of anilines is 1. The zero-order valence-corrected chi connectivity index (χ0v) is 16.5. The van der Waals surface area contributed by atoms with Crippen molar-refractivity contribution >= 4 is 17.6 Å². The number of nitrogens with zero attached hydrogens (tertiary/aromatic N) is 3. The van der Waals surface area contributed by atoms with Crippen molar-refractivity contribution in [1.29, 1.82) is 0 Å². The predicted octanol–water partition coefficient (Wildman–Crippen LogP) is 4.36. The second-order valence-electron chi connectivity index (χ2n) is 7.38. The third-order valence-electron chi connectivity index (χ3n) is 5.28. The first-order chi connectivity index (χ1) is 12.7. The molecule has 2 aliphatic rings. The van der Waals surface area contributed by atoms with Gasteiger partial charge < -0.3 is 9.64 Å². The quantitative estimate of drug-likeness (QED) is 0.801. The Morgan fingerprint density at radius 3 is 2.50 bits per heavy atom. The minimum Gasteiger partial charge on any atom is -0.381 e. The lowest BCUT2D eigenvalue weighted by atomic mass is 10.0. The van der Waals surface area contributed by atoms with E-state index < -0.39 is 0 Å². The fourth-order valence-corrected chi connectivity index (χ4v) is 4.85. The summed E-state index contributed by atoms with van der Waals surface area (Å²) in [6, 6.07) is 11.1. The topological polar surface area (TPSA) is 38.2 Å². The highest BCUT2D eigenvalue weighted by Gasteiger charge is 2.24. The van der Waals surface area contributed by atoms with Gasteiger partial charge in [-0.2, -0.15) is 0 Å². The summed E-state index contributed by atoms with van der Waals surface area (Å²) >= 11 is 2.02. The van der Waals surface area contributed by atoms with Gasteiger partial charge in [-0.25, -0.2) is 9.97 Å². The summed E-state index contributed by atoms with van der Waals surface area (Å²) in [7, 11) is 0. The summed E-state index contributed by atoms with van der Waals surface area (Å²) in [5.74, 6) is 2.41. The Bertz CT molecular complexity index is 735. The van der Waals surface area contributed by atoms with Gasteiger partial charge in [0.25, 0.3) is 0 Å². The first kappa shape index (κ1) is 17.8. The molecule has 0 radical (unpaired) electrons. The molecule has 138 valence electrons. The van der Waals surface area contributed by atoms with Gasteiger partial charge in [0.1, 0.15) is 11.6 Å². The minimum atomic E-state index is 0.435. The van der Waals surface area contributed by atoms with E-state index in [-0.39, 0.29) is 0 Å². The molecule has 26 heavy (non-hydrogen) atoms. The molecule has 2 saturated heterocycles. The van der Waals surface area contributed by atoms with Gasteiger partial charge in [-0.05, 0) is 45.2 Å². The van der Waals surface area contributed by atoms with Gasteiger partial charge >= 0.3 is 0 Å². The Kier molecular flexibility index (Phi) is 5.46. The molecule has 0 aliphatic carbocycles. The molecule has 2 aromatic rings. The highest BCUT2D eigenvalue weighted by Crippen LogP contribution is 2.32.